The lowest BCUT2D eigenvalue weighted by molar-refractivity contribution is 0.0938. The Labute approximate surface area is 124 Å². The van der Waals surface area contributed by atoms with Crippen molar-refractivity contribution in [2.75, 3.05) is 27.2 Å². The molecule has 0 aliphatic heterocycles. The smallest absolute Gasteiger partial charge is 0.229 e. The number of rotatable bonds is 6. The number of ketones is 2. The Morgan fingerprint density at radius 3 is 2.71 bits per heavy atom. The molecular weight excluding hydrogens is 270 g/mol. The lowest BCUT2D eigenvalue weighted by Crippen LogP contribution is -2.27. The van der Waals surface area contributed by atoms with Crippen LogP contribution in [0.2, 0.25) is 0 Å². The van der Waals surface area contributed by atoms with Gasteiger partial charge in [0.05, 0.1) is 12.1 Å². The second-order valence-electron chi connectivity index (χ2n) is 5.41. The molecule has 1 aromatic rings. The van der Waals surface area contributed by atoms with Gasteiger partial charge in [-0.15, -0.1) is 0 Å². The minimum Gasteiger partial charge on any atom is -0.437 e. The standard InChI is InChI=1S/C15H21N3O3/c1-4-12-17-13-14(20)10(9-11(19)15(13)21-12)16-7-5-6-8-18(2)3/h4-9H2,1-3H3. The van der Waals surface area contributed by atoms with Crippen LogP contribution in [-0.4, -0.2) is 54.3 Å². The highest BCUT2D eigenvalue weighted by Gasteiger charge is 2.34. The third-order valence-corrected chi connectivity index (χ3v) is 3.35. The maximum absolute atomic E-state index is 12.2. The summed E-state index contributed by atoms with van der Waals surface area (Å²) >= 11 is 0. The normalized spacial score (nSPS) is 16.9. The van der Waals surface area contributed by atoms with Gasteiger partial charge in [-0.2, -0.15) is 0 Å². The number of nitrogens with zero attached hydrogens (tertiary/aromatic N) is 3. The van der Waals surface area contributed by atoms with Gasteiger partial charge in [0.1, 0.15) is 0 Å². The lowest BCUT2D eigenvalue weighted by Gasteiger charge is -2.10. The van der Waals surface area contributed by atoms with E-state index in [0.717, 1.165) is 19.4 Å². The molecule has 0 bridgehead atoms. The van der Waals surface area contributed by atoms with Gasteiger partial charge < -0.3 is 9.32 Å². The van der Waals surface area contributed by atoms with Gasteiger partial charge in [-0.05, 0) is 33.5 Å². The fourth-order valence-electron chi connectivity index (χ4n) is 2.19. The summed E-state index contributed by atoms with van der Waals surface area (Å²) in [7, 11) is 4.04. The van der Waals surface area contributed by atoms with Crippen LogP contribution in [0.15, 0.2) is 9.41 Å². The fourth-order valence-corrected chi connectivity index (χ4v) is 2.19. The first-order chi connectivity index (χ1) is 10.0. The molecule has 0 N–H and O–H groups in total. The summed E-state index contributed by atoms with van der Waals surface area (Å²) in [6.45, 7) is 3.42. The van der Waals surface area contributed by atoms with E-state index < -0.39 is 0 Å². The number of carbonyl (C=O) groups is 2. The van der Waals surface area contributed by atoms with Gasteiger partial charge in [-0.25, -0.2) is 4.98 Å². The molecule has 0 unspecified atom stereocenters. The van der Waals surface area contributed by atoms with Crippen LogP contribution in [0.1, 0.15) is 53.1 Å². The Balaban J connectivity index is 2.03. The number of unbranched alkanes of at least 4 members (excludes halogenated alkanes) is 1. The summed E-state index contributed by atoms with van der Waals surface area (Å²) in [6, 6.07) is 0. The van der Waals surface area contributed by atoms with Crippen molar-refractivity contribution in [2.24, 2.45) is 4.99 Å². The molecule has 0 saturated carbocycles. The third-order valence-electron chi connectivity index (χ3n) is 3.35. The topological polar surface area (TPSA) is 75.8 Å². The molecule has 2 rings (SSSR count). The van der Waals surface area contributed by atoms with Crippen LogP contribution in [0.5, 0.6) is 0 Å². The average molecular weight is 291 g/mol. The highest BCUT2D eigenvalue weighted by atomic mass is 16.4. The van der Waals surface area contributed by atoms with Crippen LogP contribution >= 0.6 is 0 Å². The van der Waals surface area contributed by atoms with Crippen molar-refractivity contribution >= 4 is 17.3 Å². The van der Waals surface area contributed by atoms with E-state index in [9.17, 15) is 9.59 Å². The Kier molecular flexibility index (Phi) is 5.01. The van der Waals surface area contributed by atoms with Crippen molar-refractivity contribution in [2.45, 2.75) is 32.6 Å². The second-order valence-corrected chi connectivity index (χ2v) is 5.41. The number of fused-ring (bicyclic) bond motifs is 1. The molecule has 6 heteroatoms. The number of hydrogen-bond acceptors (Lipinski definition) is 6. The summed E-state index contributed by atoms with van der Waals surface area (Å²) in [5.74, 6) is 0.0573. The minimum absolute atomic E-state index is 0.0257. The van der Waals surface area contributed by atoms with Crippen LogP contribution in [-0.2, 0) is 6.42 Å². The summed E-state index contributed by atoms with van der Waals surface area (Å²) in [4.78, 5) is 34.7. The molecule has 0 atom stereocenters. The molecule has 21 heavy (non-hydrogen) atoms. The Morgan fingerprint density at radius 1 is 1.29 bits per heavy atom. The Morgan fingerprint density at radius 2 is 2.05 bits per heavy atom. The highest BCUT2D eigenvalue weighted by molar-refractivity contribution is 6.51. The molecule has 0 radical (unpaired) electrons. The van der Waals surface area contributed by atoms with Crippen molar-refractivity contribution in [3.8, 4) is 0 Å². The molecule has 1 aliphatic carbocycles. The predicted octanol–water partition coefficient (Wildman–Crippen LogP) is 1.79. The van der Waals surface area contributed by atoms with Gasteiger partial charge in [0.2, 0.25) is 17.3 Å². The number of carbonyl (C=O) groups excluding carboxylic acids is 2. The van der Waals surface area contributed by atoms with Crippen molar-refractivity contribution in [3.63, 3.8) is 0 Å². The molecule has 0 amide bonds. The number of aryl methyl sites for hydroxylation is 1. The van der Waals surface area contributed by atoms with Crippen molar-refractivity contribution in [3.05, 3.63) is 17.3 Å². The summed E-state index contributed by atoms with van der Waals surface area (Å²) < 4.78 is 5.31. The molecular formula is C15H21N3O3. The highest BCUT2D eigenvalue weighted by Crippen LogP contribution is 2.21. The second kappa shape index (κ2) is 6.76. The summed E-state index contributed by atoms with van der Waals surface area (Å²) in [6.07, 6.45) is 2.50. The zero-order chi connectivity index (χ0) is 15.4. The van der Waals surface area contributed by atoms with Gasteiger partial charge >= 0.3 is 0 Å². The Hall–Kier alpha value is -1.82. The maximum atomic E-state index is 12.2. The number of oxazole rings is 1. The molecule has 1 aromatic heterocycles. The number of aliphatic imine (C=N–C) groups is 1. The molecule has 0 spiro atoms. The van der Waals surface area contributed by atoms with E-state index >= 15 is 0 Å². The van der Waals surface area contributed by atoms with E-state index in [0.29, 0.717) is 24.6 Å². The molecule has 1 aliphatic rings. The van der Waals surface area contributed by atoms with Crippen LogP contribution in [0, 0.1) is 0 Å². The monoisotopic (exact) mass is 291 g/mol. The molecule has 0 fully saturated rings. The molecule has 6 nitrogen and oxygen atoms in total. The number of hydrogen-bond donors (Lipinski definition) is 0. The van der Waals surface area contributed by atoms with Gasteiger partial charge in [-0.3, -0.25) is 14.6 Å². The van der Waals surface area contributed by atoms with E-state index in [-0.39, 0.29) is 29.4 Å². The fraction of sp³-hybridized carbons (Fsp3) is 0.600. The van der Waals surface area contributed by atoms with Crippen molar-refractivity contribution in [1.29, 1.82) is 0 Å². The van der Waals surface area contributed by atoms with Crippen molar-refractivity contribution in [1.82, 2.24) is 9.88 Å². The zero-order valence-electron chi connectivity index (χ0n) is 12.8. The lowest BCUT2D eigenvalue weighted by atomic mass is 9.97. The summed E-state index contributed by atoms with van der Waals surface area (Å²) in [5, 5.41) is 0. The first-order valence-corrected chi connectivity index (χ1v) is 7.28. The SMILES string of the molecule is CCc1nc2c(o1)C(=O)CC(=NCCCCN(C)C)C2=O. The van der Waals surface area contributed by atoms with Gasteiger partial charge in [0, 0.05) is 13.0 Å². The van der Waals surface area contributed by atoms with E-state index in [4.69, 9.17) is 4.42 Å². The number of aromatic nitrogens is 1. The quantitative estimate of drug-likeness (QED) is 0.747. The van der Waals surface area contributed by atoms with Gasteiger partial charge in [0.25, 0.3) is 0 Å². The molecule has 1 heterocycles. The maximum Gasteiger partial charge on any atom is 0.229 e. The van der Waals surface area contributed by atoms with Crippen molar-refractivity contribution < 1.29 is 14.0 Å². The molecule has 114 valence electrons. The average Bonchev–Trinajstić information content (AvgIpc) is 2.88. The molecule has 0 aromatic carbocycles. The first kappa shape index (κ1) is 15.6. The Bertz CT molecular complexity index is 573. The summed E-state index contributed by atoms with van der Waals surface area (Å²) in [5.41, 5.74) is 0.448. The van der Waals surface area contributed by atoms with E-state index in [2.05, 4.69) is 14.9 Å². The minimum atomic E-state index is -0.263. The largest absolute Gasteiger partial charge is 0.437 e. The third kappa shape index (κ3) is 3.64. The van der Waals surface area contributed by atoms with Crippen LogP contribution in [0.25, 0.3) is 0 Å². The predicted molar refractivity (Wildman–Crippen MR) is 79.2 cm³/mol. The van der Waals surface area contributed by atoms with Gasteiger partial charge in [0.15, 0.2) is 11.6 Å². The van der Waals surface area contributed by atoms with E-state index in [1.54, 1.807) is 0 Å². The van der Waals surface area contributed by atoms with Crippen LogP contribution < -0.4 is 0 Å². The van der Waals surface area contributed by atoms with Gasteiger partial charge in [-0.1, -0.05) is 6.92 Å². The number of Topliss-reactive ketones (excluding diaryl/α,β-unsaturated/α-hetero) is 2. The molecule has 0 saturated heterocycles. The van der Waals surface area contributed by atoms with Crippen LogP contribution in [0.3, 0.4) is 0 Å². The van der Waals surface area contributed by atoms with E-state index in [1.165, 1.54) is 0 Å². The zero-order valence-corrected chi connectivity index (χ0v) is 12.8. The van der Waals surface area contributed by atoms with Crippen LogP contribution in [0.4, 0.5) is 0 Å². The first-order valence-electron chi connectivity index (χ1n) is 7.28. The van der Waals surface area contributed by atoms with E-state index in [1.807, 2.05) is 21.0 Å².